The molecule has 0 amide bonds. The minimum absolute atomic E-state index is 0.150. The molecular weight excluding hydrogens is 217 g/mol. The normalized spacial score (nSPS) is 11.2. The van der Waals surface area contributed by atoms with Crippen LogP contribution in [0.15, 0.2) is 23.9 Å². The summed E-state index contributed by atoms with van der Waals surface area (Å²) in [6.45, 7) is 1.27. The Morgan fingerprint density at radius 3 is 2.69 bits per heavy atom. The Balaban J connectivity index is 3.18. The van der Waals surface area contributed by atoms with Crippen LogP contribution in [-0.4, -0.2) is 16.0 Å². The minimum Gasteiger partial charge on any atom is -0.478 e. The molecule has 1 aromatic carbocycles. The molecular formula is C10H8FNO4. The highest BCUT2D eigenvalue weighted by molar-refractivity contribution is 5.88. The van der Waals surface area contributed by atoms with E-state index in [0.717, 1.165) is 12.1 Å². The van der Waals surface area contributed by atoms with E-state index in [4.69, 9.17) is 5.11 Å². The Bertz CT molecular complexity index is 482. The quantitative estimate of drug-likeness (QED) is 0.631. The summed E-state index contributed by atoms with van der Waals surface area (Å²) in [6.07, 6.45) is 1.17. The van der Waals surface area contributed by atoms with Gasteiger partial charge in [0.2, 0.25) is 5.70 Å². The molecule has 5 nitrogen and oxygen atoms in total. The van der Waals surface area contributed by atoms with Crippen molar-refractivity contribution in [3.63, 3.8) is 0 Å². The lowest BCUT2D eigenvalue weighted by Gasteiger charge is -1.99. The highest BCUT2D eigenvalue weighted by Gasteiger charge is 2.11. The van der Waals surface area contributed by atoms with Crippen LogP contribution < -0.4 is 0 Å². The number of benzene rings is 1. The van der Waals surface area contributed by atoms with E-state index in [0.29, 0.717) is 0 Å². The molecule has 0 aliphatic carbocycles. The van der Waals surface area contributed by atoms with Gasteiger partial charge in [-0.3, -0.25) is 10.1 Å². The smallest absolute Gasteiger partial charge is 0.338 e. The van der Waals surface area contributed by atoms with Crippen LogP contribution in [0, 0.1) is 15.9 Å². The number of allylic oxidation sites excluding steroid dienone is 1. The summed E-state index contributed by atoms with van der Waals surface area (Å²) < 4.78 is 13.0. The number of carboxylic acid groups (broad SMARTS) is 1. The van der Waals surface area contributed by atoms with Crippen molar-refractivity contribution in [2.24, 2.45) is 0 Å². The molecule has 6 heteroatoms. The van der Waals surface area contributed by atoms with E-state index in [2.05, 4.69) is 0 Å². The topological polar surface area (TPSA) is 80.4 Å². The number of nitrogens with zero attached hydrogens (tertiary/aromatic N) is 1. The van der Waals surface area contributed by atoms with E-state index in [9.17, 15) is 19.3 Å². The molecule has 0 bridgehead atoms. The van der Waals surface area contributed by atoms with E-state index in [-0.39, 0.29) is 11.3 Å². The number of hydrogen-bond acceptors (Lipinski definition) is 3. The molecule has 0 fully saturated rings. The van der Waals surface area contributed by atoms with Gasteiger partial charge in [-0.15, -0.1) is 0 Å². The van der Waals surface area contributed by atoms with Gasteiger partial charge in [-0.2, -0.15) is 0 Å². The number of halogens is 1. The fourth-order valence-corrected chi connectivity index (χ4v) is 1.09. The van der Waals surface area contributed by atoms with E-state index in [1.807, 2.05) is 0 Å². The van der Waals surface area contributed by atoms with Crippen LogP contribution in [0.2, 0.25) is 0 Å². The average Bonchev–Trinajstić information content (AvgIpc) is 2.20. The van der Waals surface area contributed by atoms with Gasteiger partial charge in [-0.1, -0.05) is 6.07 Å². The first kappa shape index (κ1) is 11.8. The Morgan fingerprint density at radius 1 is 1.56 bits per heavy atom. The Labute approximate surface area is 90.0 Å². The van der Waals surface area contributed by atoms with Crippen molar-refractivity contribution >= 4 is 12.0 Å². The van der Waals surface area contributed by atoms with Crippen LogP contribution in [0.4, 0.5) is 4.39 Å². The molecule has 1 rings (SSSR count). The SMILES string of the molecule is CC(=Cc1ccc(F)c(C(=O)O)c1)[N+](=O)[O-]. The number of rotatable bonds is 3. The predicted molar refractivity (Wildman–Crippen MR) is 54.0 cm³/mol. The van der Waals surface area contributed by atoms with Gasteiger partial charge in [0.05, 0.1) is 10.5 Å². The first-order chi connectivity index (χ1) is 7.41. The Morgan fingerprint density at radius 2 is 2.19 bits per heavy atom. The largest absolute Gasteiger partial charge is 0.478 e. The summed E-state index contributed by atoms with van der Waals surface area (Å²) in [7, 11) is 0. The van der Waals surface area contributed by atoms with Crippen LogP contribution >= 0.6 is 0 Å². The molecule has 1 aromatic rings. The number of nitro groups is 1. The van der Waals surface area contributed by atoms with Crippen molar-refractivity contribution in [2.75, 3.05) is 0 Å². The van der Waals surface area contributed by atoms with Crippen molar-refractivity contribution in [3.8, 4) is 0 Å². The van der Waals surface area contributed by atoms with Gasteiger partial charge < -0.3 is 5.11 Å². The monoisotopic (exact) mass is 225 g/mol. The summed E-state index contributed by atoms with van der Waals surface area (Å²) in [5, 5.41) is 19.0. The fourth-order valence-electron chi connectivity index (χ4n) is 1.09. The molecule has 16 heavy (non-hydrogen) atoms. The highest BCUT2D eigenvalue weighted by Crippen LogP contribution is 2.13. The van der Waals surface area contributed by atoms with E-state index in [1.54, 1.807) is 0 Å². The number of aromatic carboxylic acids is 1. The van der Waals surface area contributed by atoms with Gasteiger partial charge in [0, 0.05) is 13.0 Å². The molecule has 1 N–H and O–H groups in total. The summed E-state index contributed by atoms with van der Waals surface area (Å²) in [4.78, 5) is 20.3. The first-order valence-electron chi connectivity index (χ1n) is 4.27. The zero-order valence-electron chi connectivity index (χ0n) is 8.31. The second-order valence-electron chi connectivity index (χ2n) is 3.09. The summed E-state index contributed by atoms with van der Waals surface area (Å²) in [6, 6.07) is 3.28. The lowest BCUT2D eigenvalue weighted by Crippen LogP contribution is -2.01. The number of carbonyl (C=O) groups is 1. The maximum absolute atomic E-state index is 13.0. The molecule has 0 aromatic heterocycles. The van der Waals surface area contributed by atoms with Gasteiger partial charge in [0.15, 0.2) is 0 Å². The van der Waals surface area contributed by atoms with Crippen LogP contribution in [-0.2, 0) is 0 Å². The van der Waals surface area contributed by atoms with Crippen molar-refractivity contribution in [1.29, 1.82) is 0 Å². The van der Waals surface area contributed by atoms with Gasteiger partial charge in [0.1, 0.15) is 5.82 Å². The van der Waals surface area contributed by atoms with Crippen molar-refractivity contribution in [3.05, 3.63) is 51.0 Å². The molecule has 0 unspecified atom stereocenters. The van der Waals surface area contributed by atoms with Crippen molar-refractivity contribution in [1.82, 2.24) is 0 Å². The number of carboxylic acids is 1. The van der Waals surface area contributed by atoms with Crippen LogP contribution in [0.25, 0.3) is 6.08 Å². The molecule has 0 spiro atoms. The third-order valence-electron chi connectivity index (χ3n) is 1.88. The standard InChI is InChI=1S/C10H8FNO4/c1-6(12(15)16)4-7-2-3-9(11)8(5-7)10(13)14/h2-5H,1H3,(H,13,14). The van der Waals surface area contributed by atoms with E-state index >= 15 is 0 Å². The van der Waals surface area contributed by atoms with Crippen LogP contribution in [0.3, 0.4) is 0 Å². The van der Waals surface area contributed by atoms with Crippen molar-refractivity contribution in [2.45, 2.75) is 6.92 Å². The maximum atomic E-state index is 13.0. The van der Waals surface area contributed by atoms with E-state index < -0.39 is 22.3 Å². The first-order valence-corrected chi connectivity index (χ1v) is 4.27. The van der Waals surface area contributed by atoms with Crippen LogP contribution in [0.1, 0.15) is 22.8 Å². The number of hydrogen-bond donors (Lipinski definition) is 1. The summed E-state index contributed by atoms with van der Waals surface area (Å²) >= 11 is 0. The molecule has 0 aliphatic heterocycles. The molecule has 0 radical (unpaired) electrons. The van der Waals surface area contributed by atoms with E-state index in [1.165, 1.54) is 19.1 Å². The van der Waals surface area contributed by atoms with Gasteiger partial charge in [-0.05, 0) is 17.7 Å². The molecule has 0 atom stereocenters. The van der Waals surface area contributed by atoms with Gasteiger partial charge in [0.25, 0.3) is 0 Å². The maximum Gasteiger partial charge on any atom is 0.338 e. The Hall–Kier alpha value is -2.24. The second-order valence-corrected chi connectivity index (χ2v) is 3.09. The lowest BCUT2D eigenvalue weighted by molar-refractivity contribution is -0.422. The zero-order valence-corrected chi connectivity index (χ0v) is 8.31. The molecule has 0 saturated heterocycles. The fraction of sp³-hybridized carbons (Fsp3) is 0.100. The molecule has 84 valence electrons. The Kier molecular flexibility index (Phi) is 3.34. The highest BCUT2D eigenvalue weighted by atomic mass is 19.1. The molecule has 0 saturated carbocycles. The lowest BCUT2D eigenvalue weighted by atomic mass is 10.1. The zero-order chi connectivity index (χ0) is 12.3. The molecule has 0 aliphatic rings. The summed E-state index contributed by atoms with van der Waals surface area (Å²) in [5.41, 5.74) is -0.388. The second kappa shape index (κ2) is 4.52. The molecule has 0 heterocycles. The van der Waals surface area contributed by atoms with Gasteiger partial charge in [-0.25, -0.2) is 9.18 Å². The average molecular weight is 225 g/mol. The van der Waals surface area contributed by atoms with Crippen molar-refractivity contribution < 1.29 is 19.2 Å². The summed E-state index contributed by atoms with van der Waals surface area (Å²) in [5.74, 6) is -2.28. The predicted octanol–water partition coefficient (Wildman–Crippen LogP) is 2.16. The van der Waals surface area contributed by atoms with Crippen LogP contribution in [0.5, 0.6) is 0 Å². The minimum atomic E-state index is -1.41. The third kappa shape index (κ3) is 2.63. The third-order valence-corrected chi connectivity index (χ3v) is 1.88. The van der Waals surface area contributed by atoms with Gasteiger partial charge >= 0.3 is 5.97 Å².